The predicted octanol–water partition coefficient (Wildman–Crippen LogP) is 5.71. The first-order chi connectivity index (χ1) is 18.3. The topological polar surface area (TPSA) is 106 Å². The van der Waals surface area contributed by atoms with Crippen LogP contribution in [0.2, 0.25) is 5.02 Å². The van der Waals surface area contributed by atoms with Crippen molar-refractivity contribution in [1.82, 2.24) is 14.9 Å². The number of hydrogen-bond acceptors (Lipinski definition) is 8. The van der Waals surface area contributed by atoms with E-state index in [0.29, 0.717) is 0 Å². The largest absolute Gasteiger partial charge is 0.444 e. The van der Waals surface area contributed by atoms with Crippen LogP contribution in [-0.2, 0) is 9.47 Å². The number of benzene rings is 2. The van der Waals surface area contributed by atoms with Gasteiger partial charge in [0.05, 0.1) is 41.5 Å². The highest BCUT2D eigenvalue weighted by atomic mass is 35.5. The Morgan fingerprint density at radius 2 is 1.95 bits per heavy atom. The molecular formula is C25H23ClF3N5O5. The lowest BCUT2D eigenvalue weighted by molar-refractivity contribution is -0.0779. The first-order valence-electron chi connectivity index (χ1n) is 11.8. The highest BCUT2D eigenvalue weighted by Crippen LogP contribution is 2.42. The van der Waals surface area contributed by atoms with Crippen LogP contribution in [0.4, 0.5) is 40.0 Å². The number of fused-ring (bicyclic) bond motifs is 1. The van der Waals surface area contributed by atoms with Gasteiger partial charge in [-0.25, -0.2) is 23.9 Å². The molecule has 2 saturated heterocycles. The second-order valence-corrected chi connectivity index (χ2v) is 10.5. The summed E-state index contributed by atoms with van der Waals surface area (Å²) in [5.74, 6) is -0.908. The maximum Gasteiger partial charge on any atom is 0.415 e. The molecule has 1 spiro atoms. The Kier molecular flexibility index (Phi) is 6.57. The Labute approximate surface area is 225 Å². The van der Waals surface area contributed by atoms with Gasteiger partial charge < -0.3 is 19.5 Å². The van der Waals surface area contributed by atoms with Crippen molar-refractivity contribution in [1.29, 1.82) is 0 Å². The van der Waals surface area contributed by atoms with Crippen LogP contribution in [0.3, 0.4) is 0 Å². The minimum Gasteiger partial charge on any atom is -0.444 e. The number of ether oxygens (including phenoxy) is 3. The fraction of sp³-hybridized carbons (Fsp3) is 0.360. The molecule has 2 fully saturated rings. The van der Waals surface area contributed by atoms with Gasteiger partial charge in [0.2, 0.25) is 0 Å². The number of amides is 2. The summed E-state index contributed by atoms with van der Waals surface area (Å²) in [6, 6.07) is 6.97. The molecule has 14 heteroatoms. The van der Waals surface area contributed by atoms with Crippen molar-refractivity contribution in [2.24, 2.45) is 0 Å². The molecule has 2 amide bonds. The van der Waals surface area contributed by atoms with Gasteiger partial charge in [0, 0.05) is 11.5 Å². The lowest BCUT2D eigenvalue weighted by Gasteiger charge is -2.45. The Balaban J connectivity index is 1.47. The van der Waals surface area contributed by atoms with E-state index in [9.17, 15) is 22.8 Å². The third kappa shape index (κ3) is 5.31. The summed E-state index contributed by atoms with van der Waals surface area (Å²) in [6.07, 6.45) is -0.210. The lowest BCUT2D eigenvalue weighted by atomic mass is 9.94. The monoisotopic (exact) mass is 565 g/mol. The molecule has 3 heterocycles. The maximum atomic E-state index is 14.5. The number of likely N-dealkylation sites (tertiary alicyclic amines) is 1. The number of halogens is 4. The van der Waals surface area contributed by atoms with Crippen LogP contribution >= 0.6 is 11.6 Å². The standard InChI is InChI=1S/C25H23ClF3N5O5/c1-24(2,3)38-22(35)33-9-25(10-33)11-34(23(36)39-25)17-7-13-16(8-18(17)37-21(28)29)30-12-31-20(13)32-15-6-4-5-14(26)19(15)27/h4-8,12,21H,9-11H2,1-3H3,(H,30,31,32). The average molecular weight is 566 g/mol. The zero-order valence-electron chi connectivity index (χ0n) is 21.0. The van der Waals surface area contributed by atoms with Crippen molar-refractivity contribution in [2.45, 2.75) is 38.6 Å². The van der Waals surface area contributed by atoms with Crippen molar-refractivity contribution < 1.29 is 37.0 Å². The molecule has 39 heavy (non-hydrogen) atoms. The van der Waals surface area contributed by atoms with E-state index in [1.165, 1.54) is 35.2 Å². The third-order valence-corrected chi connectivity index (χ3v) is 6.30. The molecule has 10 nitrogen and oxygen atoms in total. The molecule has 0 aliphatic carbocycles. The van der Waals surface area contributed by atoms with Crippen molar-refractivity contribution >= 4 is 51.9 Å². The number of aromatic nitrogens is 2. The quantitative estimate of drug-likeness (QED) is 0.419. The smallest absolute Gasteiger partial charge is 0.415 e. The average Bonchev–Trinajstić information content (AvgIpc) is 3.17. The third-order valence-electron chi connectivity index (χ3n) is 6.01. The summed E-state index contributed by atoms with van der Waals surface area (Å²) >= 11 is 5.88. The zero-order valence-corrected chi connectivity index (χ0v) is 21.8. The second kappa shape index (κ2) is 9.63. The van der Waals surface area contributed by atoms with Crippen LogP contribution in [0.1, 0.15) is 20.8 Å². The summed E-state index contributed by atoms with van der Waals surface area (Å²) in [7, 11) is 0. The SMILES string of the molecule is CC(C)(C)OC(=O)N1CC2(C1)CN(c1cc3c(Nc4cccc(Cl)c4F)ncnc3cc1OC(F)F)C(=O)O2. The molecule has 2 aliphatic rings. The highest BCUT2D eigenvalue weighted by molar-refractivity contribution is 6.31. The van der Waals surface area contributed by atoms with E-state index >= 15 is 0 Å². The molecule has 1 aromatic heterocycles. The number of nitrogens with zero attached hydrogens (tertiary/aromatic N) is 4. The van der Waals surface area contributed by atoms with E-state index in [4.69, 9.17) is 25.8 Å². The number of alkyl halides is 2. The van der Waals surface area contributed by atoms with Crippen molar-refractivity contribution in [3.8, 4) is 5.75 Å². The summed E-state index contributed by atoms with van der Waals surface area (Å²) in [6.45, 7) is 2.08. The first-order valence-corrected chi connectivity index (χ1v) is 12.1. The van der Waals surface area contributed by atoms with Crippen LogP contribution in [0, 0.1) is 5.82 Å². The fourth-order valence-electron chi connectivity index (χ4n) is 4.38. The van der Waals surface area contributed by atoms with Crippen LogP contribution in [0.15, 0.2) is 36.7 Å². The summed E-state index contributed by atoms with van der Waals surface area (Å²) < 4.78 is 56.8. The van der Waals surface area contributed by atoms with Crippen molar-refractivity contribution in [3.63, 3.8) is 0 Å². The Morgan fingerprint density at radius 3 is 2.64 bits per heavy atom. The summed E-state index contributed by atoms with van der Waals surface area (Å²) in [5.41, 5.74) is -1.58. The van der Waals surface area contributed by atoms with Gasteiger partial charge in [0.1, 0.15) is 17.7 Å². The lowest BCUT2D eigenvalue weighted by Crippen LogP contribution is -2.66. The van der Waals surface area contributed by atoms with E-state index in [1.54, 1.807) is 20.8 Å². The van der Waals surface area contributed by atoms with Crippen LogP contribution in [0.25, 0.3) is 10.9 Å². The molecule has 2 aromatic carbocycles. The summed E-state index contributed by atoms with van der Waals surface area (Å²) in [4.78, 5) is 36.1. The minimum atomic E-state index is -3.19. The maximum absolute atomic E-state index is 14.5. The van der Waals surface area contributed by atoms with Gasteiger partial charge in [0.15, 0.2) is 17.2 Å². The van der Waals surface area contributed by atoms with E-state index in [0.717, 1.165) is 11.2 Å². The van der Waals surface area contributed by atoms with Gasteiger partial charge >= 0.3 is 18.8 Å². The van der Waals surface area contributed by atoms with Gasteiger partial charge in [-0.1, -0.05) is 17.7 Å². The van der Waals surface area contributed by atoms with E-state index in [1.807, 2.05) is 0 Å². The predicted molar refractivity (Wildman–Crippen MR) is 135 cm³/mol. The number of carbonyl (C=O) groups excluding carboxylic acids is 2. The molecule has 1 N–H and O–H groups in total. The normalized spacial score (nSPS) is 16.5. The van der Waals surface area contributed by atoms with E-state index < -0.39 is 35.8 Å². The van der Waals surface area contributed by atoms with Crippen LogP contribution in [-0.4, -0.2) is 64.5 Å². The van der Waals surface area contributed by atoms with Crippen LogP contribution < -0.4 is 15.0 Å². The zero-order chi connectivity index (χ0) is 28.1. The van der Waals surface area contributed by atoms with Crippen molar-refractivity contribution in [2.75, 3.05) is 29.9 Å². The van der Waals surface area contributed by atoms with E-state index in [-0.39, 0.29) is 58.5 Å². The number of rotatable bonds is 5. The number of anilines is 3. The van der Waals surface area contributed by atoms with Crippen molar-refractivity contribution in [3.05, 3.63) is 47.5 Å². The van der Waals surface area contributed by atoms with Gasteiger partial charge in [-0.15, -0.1) is 0 Å². The number of nitrogens with one attached hydrogen (secondary N) is 1. The van der Waals surface area contributed by atoms with Gasteiger partial charge in [0.25, 0.3) is 0 Å². The number of carbonyl (C=O) groups is 2. The molecule has 206 valence electrons. The minimum absolute atomic E-state index is 0.0215. The fourth-order valence-corrected chi connectivity index (χ4v) is 4.55. The molecule has 2 aliphatic heterocycles. The van der Waals surface area contributed by atoms with Gasteiger partial charge in [-0.05, 0) is 39.0 Å². The molecule has 0 radical (unpaired) electrons. The van der Waals surface area contributed by atoms with Crippen LogP contribution in [0.5, 0.6) is 5.75 Å². The second-order valence-electron chi connectivity index (χ2n) is 10.1. The Hall–Kier alpha value is -4.00. The molecule has 0 atom stereocenters. The molecule has 0 bridgehead atoms. The van der Waals surface area contributed by atoms with Gasteiger partial charge in [-0.3, -0.25) is 9.80 Å². The van der Waals surface area contributed by atoms with Gasteiger partial charge in [-0.2, -0.15) is 8.78 Å². The Bertz CT molecular complexity index is 1460. The molecule has 0 unspecified atom stereocenters. The number of hydrogen-bond donors (Lipinski definition) is 1. The first kappa shape index (κ1) is 26.6. The molecule has 5 rings (SSSR count). The molecular weight excluding hydrogens is 543 g/mol. The highest BCUT2D eigenvalue weighted by Gasteiger charge is 2.56. The summed E-state index contributed by atoms with van der Waals surface area (Å²) in [5, 5.41) is 3.00. The molecule has 3 aromatic rings. The Morgan fingerprint density at radius 1 is 1.21 bits per heavy atom. The molecule has 0 saturated carbocycles. The van der Waals surface area contributed by atoms with E-state index in [2.05, 4.69) is 15.3 Å².